The molecule has 1 saturated heterocycles. The minimum atomic E-state index is -3.44. The van der Waals surface area contributed by atoms with E-state index in [2.05, 4.69) is 14.9 Å². The van der Waals surface area contributed by atoms with Crippen LogP contribution < -0.4 is 10.5 Å². The van der Waals surface area contributed by atoms with E-state index in [1.165, 1.54) is 4.31 Å². The summed E-state index contributed by atoms with van der Waals surface area (Å²) in [7, 11) is -3.44. The summed E-state index contributed by atoms with van der Waals surface area (Å²) in [6.07, 6.45) is 4.97. The maximum absolute atomic E-state index is 12.2. The highest BCUT2D eigenvalue weighted by atomic mass is 32.2. The normalized spacial score (nSPS) is 20.5. The Hall–Kier alpha value is -0.960. The number of aromatic amines is 1. The largest absolute Gasteiger partial charge is 0.330 e. The molecule has 108 valence electrons. The van der Waals surface area contributed by atoms with E-state index in [1.807, 2.05) is 0 Å². The van der Waals surface area contributed by atoms with Crippen LogP contribution in [0.25, 0.3) is 0 Å². The molecule has 1 aromatic rings. The maximum atomic E-state index is 12.2. The minimum Gasteiger partial charge on any atom is -0.330 e. The molecule has 4 N–H and O–H groups in total. The van der Waals surface area contributed by atoms with Crippen molar-refractivity contribution in [3.05, 3.63) is 18.0 Å². The zero-order valence-corrected chi connectivity index (χ0v) is 11.9. The number of piperidine rings is 1. The van der Waals surface area contributed by atoms with Crippen LogP contribution >= 0.6 is 0 Å². The quantitative estimate of drug-likeness (QED) is 0.707. The molecule has 8 heteroatoms. The van der Waals surface area contributed by atoms with Gasteiger partial charge in [-0.15, -0.1) is 0 Å². The summed E-state index contributed by atoms with van der Waals surface area (Å²) in [4.78, 5) is 0. The number of hydrogen-bond donors (Lipinski definition) is 3. The van der Waals surface area contributed by atoms with Crippen molar-refractivity contribution in [2.24, 2.45) is 11.7 Å². The Morgan fingerprint density at radius 2 is 2.26 bits per heavy atom. The number of nitrogens with one attached hydrogen (secondary N) is 2. The number of nitrogens with two attached hydrogens (primary N) is 1. The molecule has 0 aromatic carbocycles. The summed E-state index contributed by atoms with van der Waals surface area (Å²) in [6, 6.07) is -0.295. The van der Waals surface area contributed by atoms with Crippen LogP contribution in [0.1, 0.15) is 31.4 Å². The first-order valence-electron chi connectivity index (χ1n) is 6.49. The Morgan fingerprint density at radius 1 is 1.58 bits per heavy atom. The van der Waals surface area contributed by atoms with Gasteiger partial charge in [0.2, 0.25) is 0 Å². The Morgan fingerprint density at radius 3 is 2.79 bits per heavy atom. The number of H-pyrrole nitrogens is 1. The molecule has 0 saturated carbocycles. The van der Waals surface area contributed by atoms with Crippen LogP contribution in [0.15, 0.2) is 12.4 Å². The molecule has 2 rings (SSSR count). The zero-order valence-electron chi connectivity index (χ0n) is 11.0. The monoisotopic (exact) mass is 287 g/mol. The number of nitrogens with zero attached hydrogens (tertiary/aromatic N) is 2. The fourth-order valence-corrected chi connectivity index (χ4v) is 3.67. The third kappa shape index (κ3) is 3.53. The Kier molecular flexibility index (Phi) is 4.56. The van der Waals surface area contributed by atoms with Crippen molar-refractivity contribution < 1.29 is 8.42 Å². The summed E-state index contributed by atoms with van der Waals surface area (Å²) in [6.45, 7) is 3.51. The molecule has 1 aliphatic rings. The Bertz CT molecular complexity index is 479. The molecular weight excluding hydrogens is 266 g/mol. The number of aromatic nitrogens is 2. The minimum absolute atomic E-state index is 0.295. The van der Waals surface area contributed by atoms with E-state index in [4.69, 9.17) is 5.73 Å². The van der Waals surface area contributed by atoms with E-state index in [0.29, 0.717) is 25.6 Å². The molecule has 0 bridgehead atoms. The van der Waals surface area contributed by atoms with Gasteiger partial charge in [0, 0.05) is 30.9 Å². The fourth-order valence-electron chi connectivity index (χ4n) is 2.25. The van der Waals surface area contributed by atoms with Gasteiger partial charge in [0.05, 0.1) is 6.20 Å². The lowest BCUT2D eigenvalue weighted by atomic mass is 9.99. The lowest BCUT2D eigenvalue weighted by Gasteiger charge is -2.31. The van der Waals surface area contributed by atoms with Crippen LogP contribution in [0.4, 0.5) is 0 Å². The van der Waals surface area contributed by atoms with E-state index >= 15 is 0 Å². The molecule has 7 nitrogen and oxygen atoms in total. The second-order valence-electron chi connectivity index (χ2n) is 4.95. The highest BCUT2D eigenvalue weighted by molar-refractivity contribution is 7.87. The van der Waals surface area contributed by atoms with E-state index in [-0.39, 0.29) is 6.04 Å². The van der Waals surface area contributed by atoms with Crippen LogP contribution in [0.5, 0.6) is 0 Å². The molecule has 1 atom stereocenters. The first-order valence-corrected chi connectivity index (χ1v) is 7.93. The third-order valence-electron chi connectivity index (χ3n) is 3.59. The standard InChI is InChI=1S/C11H21N5O2S/c1-9(11-7-13-14-8-11)15-19(17,18)16-4-2-10(6-12)3-5-16/h7-10,15H,2-6,12H2,1H3,(H,13,14). The lowest BCUT2D eigenvalue weighted by Crippen LogP contribution is -2.46. The van der Waals surface area contributed by atoms with Crippen LogP contribution in [0.2, 0.25) is 0 Å². The zero-order chi connectivity index (χ0) is 13.9. The average Bonchev–Trinajstić information content (AvgIpc) is 2.92. The van der Waals surface area contributed by atoms with Gasteiger partial charge in [-0.1, -0.05) is 0 Å². The number of hydrogen-bond acceptors (Lipinski definition) is 4. The molecule has 1 unspecified atom stereocenters. The Balaban J connectivity index is 1.95. The molecule has 2 heterocycles. The Labute approximate surface area is 113 Å². The van der Waals surface area contributed by atoms with Crippen LogP contribution in [0.3, 0.4) is 0 Å². The van der Waals surface area contributed by atoms with Crippen molar-refractivity contribution in [1.82, 2.24) is 19.2 Å². The molecule has 0 amide bonds. The molecular formula is C11H21N5O2S. The van der Waals surface area contributed by atoms with Gasteiger partial charge in [-0.2, -0.15) is 22.5 Å². The van der Waals surface area contributed by atoms with Crippen LogP contribution in [-0.2, 0) is 10.2 Å². The lowest BCUT2D eigenvalue weighted by molar-refractivity contribution is 0.274. The van der Waals surface area contributed by atoms with Crippen molar-refractivity contribution in [3.8, 4) is 0 Å². The summed E-state index contributed by atoms with van der Waals surface area (Å²) in [5.74, 6) is 0.442. The molecule has 1 fully saturated rings. The van der Waals surface area contributed by atoms with Crippen molar-refractivity contribution in [2.45, 2.75) is 25.8 Å². The van der Waals surface area contributed by atoms with Gasteiger partial charge in [0.15, 0.2) is 0 Å². The van der Waals surface area contributed by atoms with Crippen molar-refractivity contribution in [2.75, 3.05) is 19.6 Å². The van der Waals surface area contributed by atoms with Crippen LogP contribution in [0, 0.1) is 5.92 Å². The van der Waals surface area contributed by atoms with Gasteiger partial charge in [0.1, 0.15) is 0 Å². The van der Waals surface area contributed by atoms with Crippen molar-refractivity contribution in [1.29, 1.82) is 0 Å². The van der Waals surface area contributed by atoms with Gasteiger partial charge in [-0.3, -0.25) is 5.10 Å². The molecule has 1 aliphatic heterocycles. The summed E-state index contributed by atoms with van der Waals surface area (Å²) in [5.41, 5.74) is 6.43. The summed E-state index contributed by atoms with van der Waals surface area (Å²) >= 11 is 0. The van der Waals surface area contributed by atoms with Gasteiger partial charge in [-0.05, 0) is 32.2 Å². The molecule has 1 aromatic heterocycles. The van der Waals surface area contributed by atoms with Gasteiger partial charge in [-0.25, -0.2) is 0 Å². The van der Waals surface area contributed by atoms with E-state index in [1.54, 1.807) is 19.3 Å². The maximum Gasteiger partial charge on any atom is 0.279 e. The van der Waals surface area contributed by atoms with E-state index < -0.39 is 10.2 Å². The summed E-state index contributed by atoms with van der Waals surface area (Å²) < 4.78 is 28.6. The molecule has 19 heavy (non-hydrogen) atoms. The van der Waals surface area contributed by atoms with Gasteiger partial charge < -0.3 is 5.73 Å². The SMILES string of the molecule is CC(NS(=O)(=O)N1CCC(CN)CC1)c1cn[nH]c1. The average molecular weight is 287 g/mol. The predicted molar refractivity (Wildman–Crippen MR) is 72.4 cm³/mol. The van der Waals surface area contributed by atoms with Gasteiger partial charge >= 0.3 is 0 Å². The topological polar surface area (TPSA) is 104 Å². The second kappa shape index (κ2) is 6.00. The van der Waals surface area contributed by atoms with E-state index in [0.717, 1.165) is 18.4 Å². The van der Waals surface area contributed by atoms with Crippen molar-refractivity contribution >= 4 is 10.2 Å². The predicted octanol–water partition coefficient (Wildman–Crippen LogP) is -0.0242. The smallest absolute Gasteiger partial charge is 0.279 e. The summed E-state index contributed by atoms with van der Waals surface area (Å²) in [5, 5.41) is 6.50. The van der Waals surface area contributed by atoms with Crippen LogP contribution in [-0.4, -0.2) is 42.6 Å². The molecule has 0 radical (unpaired) electrons. The first-order chi connectivity index (χ1) is 9.03. The first kappa shape index (κ1) is 14.4. The highest BCUT2D eigenvalue weighted by Crippen LogP contribution is 2.19. The van der Waals surface area contributed by atoms with E-state index in [9.17, 15) is 8.42 Å². The molecule has 0 aliphatic carbocycles. The fraction of sp³-hybridized carbons (Fsp3) is 0.727. The van der Waals surface area contributed by atoms with Crippen molar-refractivity contribution in [3.63, 3.8) is 0 Å². The molecule has 0 spiro atoms. The van der Waals surface area contributed by atoms with Gasteiger partial charge in [0.25, 0.3) is 10.2 Å². The number of rotatable bonds is 5. The highest BCUT2D eigenvalue weighted by Gasteiger charge is 2.28. The second-order valence-corrected chi connectivity index (χ2v) is 6.66. The third-order valence-corrected chi connectivity index (χ3v) is 5.29.